The molecular formula is C21H20F3N5O5S. The summed E-state index contributed by atoms with van der Waals surface area (Å²) in [5.74, 6) is -0.465. The lowest BCUT2D eigenvalue weighted by molar-refractivity contribution is -0.274. The molecule has 10 nitrogen and oxygen atoms in total. The highest BCUT2D eigenvalue weighted by Gasteiger charge is 2.32. The molecule has 0 bridgehead atoms. The second-order valence-corrected chi connectivity index (χ2v) is 8.51. The summed E-state index contributed by atoms with van der Waals surface area (Å²) < 4.78 is 51.8. The number of fused-ring (bicyclic) bond motifs is 1. The van der Waals surface area contributed by atoms with Crippen molar-refractivity contribution in [3.63, 3.8) is 0 Å². The molecule has 0 amide bonds. The molecule has 1 N–H and O–H groups in total. The molecule has 0 saturated heterocycles. The second kappa shape index (κ2) is 9.54. The van der Waals surface area contributed by atoms with Crippen LogP contribution in [0, 0.1) is 6.92 Å². The first-order chi connectivity index (χ1) is 16.6. The monoisotopic (exact) mass is 511 g/mol. The number of rotatable bonds is 8. The number of nitrogens with zero attached hydrogens (tertiary/aromatic N) is 5. The number of aliphatic hydroxyl groups excluding tert-OH is 1. The molecule has 35 heavy (non-hydrogen) atoms. The number of hydrogen-bond acceptors (Lipinski definition) is 8. The van der Waals surface area contributed by atoms with E-state index < -0.39 is 23.4 Å². The molecule has 4 rings (SSSR count). The van der Waals surface area contributed by atoms with E-state index in [2.05, 4.69) is 14.7 Å². The van der Waals surface area contributed by atoms with Crippen LogP contribution in [0.1, 0.15) is 17.0 Å². The van der Waals surface area contributed by atoms with Crippen molar-refractivity contribution in [2.75, 3.05) is 6.61 Å². The number of ether oxygens (including phenoxy) is 2. The molecule has 0 aliphatic heterocycles. The van der Waals surface area contributed by atoms with Gasteiger partial charge in [0.15, 0.2) is 11.2 Å². The number of halogens is 3. The fraction of sp³-hybridized carbons (Fsp3) is 0.333. The number of hydrogen-bond donors (Lipinski definition) is 1. The van der Waals surface area contributed by atoms with E-state index in [0.29, 0.717) is 5.01 Å². The predicted octanol–water partition coefficient (Wildman–Crippen LogP) is 2.78. The van der Waals surface area contributed by atoms with Crippen LogP contribution in [0.5, 0.6) is 17.5 Å². The molecule has 0 spiro atoms. The van der Waals surface area contributed by atoms with E-state index in [4.69, 9.17) is 9.84 Å². The van der Waals surface area contributed by atoms with E-state index in [0.717, 1.165) is 10.6 Å². The molecule has 3 heterocycles. The standard InChI is InChI=1S/C21H20F3N5O5S/c1-12-4-5-13(10-14(12)34-21(22,23)24)33-19-26-17-16(29(19)11-15-25-6-9-35-15)18(31)28(7-3-8-30)20(32)27(17)2/h4-6,9-10,30H,3,7-8,11H2,1-2H3. The Morgan fingerprint density at radius 2 is 1.97 bits per heavy atom. The predicted molar refractivity (Wildman–Crippen MR) is 120 cm³/mol. The van der Waals surface area contributed by atoms with Gasteiger partial charge in [0.25, 0.3) is 5.56 Å². The zero-order chi connectivity index (χ0) is 25.3. The molecule has 0 atom stereocenters. The molecule has 0 radical (unpaired) electrons. The lowest BCUT2D eigenvalue weighted by atomic mass is 10.2. The normalized spacial score (nSPS) is 11.8. The molecule has 1 aromatic carbocycles. The molecule has 186 valence electrons. The molecule has 0 aliphatic carbocycles. The molecule has 0 aliphatic rings. The fourth-order valence-corrected chi connectivity index (χ4v) is 4.06. The van der Waals surface area contributed by atoms with Gasteiger partial charge in [-0.25, -0.2) is 9.78 Å². The summed E-state index contributed by atoms with van der Waals surface area (Å²) in [6.45, 7) is 1.30. The maximum atomic E-state index is 13.3. The Hall–Kier alpha value is -3.65. The third-order valence-electron chi connectivity index (χ3n) is 5.11. The molecule has 14 heteroatoms. The van der Waals surface area contributed by atoms with Gasteiger partial charge in [0, 0.05) is 37.8 Å². The first-order valence-corrected chi connectivity index (χ1v) is 11.2. The van der Waals surface area contributed by atoms with Gasteiger partial charge in [-0.05, 0) is 25.0 Å². The first-order valence-electron chi connectivity index (χ1n) is 10.3. The Balaban J connectivity index is 1.87. The Morgan fingerprint density at radius 1 is 1.20 bits per heavy atom. The highest BCUT2D eigenvalue weighted by molar-refractivity contribution is 7.09. The molecular weight excluding hydrogens is 491 g/mol. The number of alkyl halides is 3. The largest absolute Gasteiger partial charge is 0.573 e. The summed E-state index contributed by atoms with van der Waals surface area (Å²) in [6, 6.07) is 3.77. The first kappa shape index (κ1) is 24.5. The average Bonchev–Trinajstić information content (AvgIpc) is 3.42. The van der Waals surface area contributed by atoms with Crippen LogP contribution in [-0.2, 0) is 20.1 Å². The van der Waals surface area contributed by atoms with Crippen LogP contribution in [-0.4, -0.2) is 41.7 Å². The molecule has 0 unspecified atom stereocenters. The zero-order valence-corrected chi connectivity index (χ0v) is 19.4. The van der Waals surface area contributed by atoms with Crippen LogP contribution >= 0.6 is 11.3 Å². The number of aliphatic hydroxyl groups is 1. The highest BCUT2D eigenvalue weighted by Crippen LogP contribution is 2.32. The van der Waals surface area contributed by atoms with Gasteiger partial charge in [-0.15, -0.1) is 24.5 Å². The zero-order valence-electron chi connectivity index (χ0n) is 18.6. The summed E-state index contributed by atoms with van der Waals surface area (Å²) in [5.41, 5.74) is -0.946. The van der Waals surface area contributed by atoms with Gasteiger partial charge in [0.05, 0.1) is 6.54 Å². The van der Waals surface area contributed by atoms with Gasteiger partial charge in [-0.1, -0.05) is 6.07 Å². The van der Waals surface area contributed by atoms with Crippen molar-refractivity contribution in [2.45, 2.75) is 32.8 Å². The number of benzene rings is 1. The summed E-state index contributed by atoms with van der Waals surface area (Å²) in [6.07, 6.45) is -3.12. The van der Waals surface area contributed by atoms with Crippen molar-refractivity contribution in [3.05, 3.63) is 61.2 Å². The van der Waals surface area contributed by atoms with Crippen LogP contribution in [0.25, 0.3) is 11.2 Å². The van der Waals surface area contributed by atoms with E-state index in [1.807, 2.05) is 0 Å². The summed E-state index contributed by atoms with van der Waals surface area (Å²) in [4.78, 5) is 34.5. The van der Waals surface area contributed by atoms with E-state index in [9.17, 15) is 22.8 Å². The third-order valence-corrected chi connectivity index (χ3v) is 5.87. The van der Waals surface area contributed by atoms with Crippen molar-refractivity contribution in [1.29, 1.82) is 0 Å². The minimum absolute atomic E-state index is 0.00727. The van der Waals surface area contributed by atoms with Crippen molar-refractivity contribution in [3.8, 4) is 17.5 Å². The SMILES string of the molecule is Cc1ccc(Oc2nc3c(c(=O)n(CCCO)c(=O)n3C)n2Cc2nccs2)cc1OC(F)(F)F. The van der Waals surface area contributed by atoms with E-state index in [1.54, 1.807) is 11.6 Å². The minimum Gasteiger partial charge on any atom is -0.425 e. The smallest absolute Gasteiger partial charge is 0.425 e. The maximum Gasteiger partial charge on any atom is 0.573 e. The summed E-state index contributed by atoms with van der Waals surface area (Å²) in [5, 5.41) is 11.5. The summed E-state index contributed by atoms with van der Waals surface area (Å²) >= 11 is 1.32. The van der Waals surface area contributed by atoms with Gasteiger partial charge in [0.1, 0.15) is 16.5 Å². The van der Waals surface area contributed by atoms with Gasteiger partial charge < -0.3 is 14.6 Å². The van der Waals surface area contributed by atoms with Crippen LogP contribution in [0.4, 0.5) is 13.2 Å². The number of aryl methyl sites for hydroxylation is 2. The van der Waals surface area contributed by atoms with Crippen LogP contribution in [0.15, 0.2) is 39.4 Å². The van der Waals surface area contributed by atoms with Crippen molar-refractivity contribution in [1.82, 2.24) is 23.7 Å². The quantitative estimate of drug-likeness (QED) is 0.387. The average molecular weight is 511 g/mol. The molecule has 0 fully saturated rings. The van der Waals surface area contributed by atoms with E-state index >= 15 is 0 Å². The molecule has 3 aromatic heterocycles. The van der Waals surface area contributed by atoms with Crippen LogP contribution in [0.3, 0.4) is 0 Å². The van der Waals surface area contributed by atoms with Crippen molar-refractivity contribution < 1.29 is 27.8 Å². The van der Waals surface area contributed by atoms with Gasteiger partial charge in [-0.2, -0.15) is 4.98 Å². The van der Waals surface area contributed by atoms with E-state index in [-0.39, 0.29) is 54.6 Å². The maximum absolute atomic E-state index is 13.3. The Bertz CT molecular complexity index is 1470. The number of thiazole rings is 1. The second-order valence-electron chi connectivity index (χ2n) is 7.53. The Morgan fingerprint density at radius 3 is 2.63 bits per heavy atom. The van der Waals surface area contributed by atoms with Crippen molar-refractivity contribution in [2.24, 2.45) is 7.05 Å². The molecule has 4 aromatic rings. The molecule has 0 saturated carbocycles. The number of imidazole rings is 1. The lowest BCUT2D eigenvalue weighted by Crippen LogP contribution is -2.39. The Labute approximate surface area is 199 Å². The van der Waals surface area contributed by atoms with E-state index in [1.165, 1.54) is 46.6 Å². The van der Waals surface area contributed by atoms with Gasteiger partial charge in [0.2, 0.25) is 0 Å². The summed E-state index contributed by atoms with van der Waals surface area (Å²) in [7, 11) is 1.44. The van der Waals surface area contributed by atoms with Gasteiger partial charge >= 0.3 is 18.1 Å². The van der Waals surface area contributed by atoms with Gasteiger partial charge in [-0.3, -0.25) is 18.5 Å². The highest BCUT2D eigenvalue weighted by atomic mass is 32.1. The lowest BCUT2D eigenvalue weighted by Gasteiger charge is -2.13. The third kappa shape index (κ3) is 5.07. The Kier molecular flexibility index (Phi) is 6.67. The fourth-order valence-electron chi connectivity index (χ4n) is 3.45. The van der Waals surface area contributed by atoms with Crippen LogP contribution < -0.4 is 20.7 Å². The van der Waals surface area contributed by atoms with Crippen molar-refractivity contribution >= 4 is 22.5 Å². The topological polar surface area (TPSA) is 113 Å². The van der Waals surface area contributed by atoms with Crippen LogP contribution in [0.2, 0.25) is 0 Å². The number of aromatic nitrogens is 5. The minimum atomic E-state index is -4.89.